The maximum Gasteiger partial charge on any atom is 0.272 e. The highest BCUT2D eigenvalue weighted by Crippen LogP contribution is 2.14. The number of hydrogen-bond acceptors (Lipinski definition) is 3. The average Bonchev–Trinajstić information content (AvgIpc) is 2.68. The number of rotatable bonds is 6. The first-order valence-electron chi connectivity index (χ1n) is 8.07. The van der Waals surface area contributed by atoms with Crippen molar-refractivity contribution in [1.29, 1.82) is 0 Å². The van der Waals surface area contributed by atoms with Gasteiger partial charge in [0.2, 0.25) is 0 Å². The summed E-state index contributed by atoms with van der Waals surface area (Å²) in [6.45, 7) is 0.528. The third kappa shape index (κ3) is 5.16. The van der Waals surface area contributed by atoms with Crippen LogP contribution in [-0.4, -0.2) is 12.1 Å². The highest BCUT2D eigenvalue weighted by atomic mass is 127. The number of carbonyl (C=O) groups excluding carboxylic acids is 1. The van der Waals surface area contributed by atoms with E-state index in [0.717, 1.165) is 20.4 Å². The largest absolute Gasteiger partial charge is 0.489 e. The summed E-state index contributed by atoms with van der Waals surface area (Å²) in [4.78, 5) is 12.1. The van der Waals surface area contributed by atoms with Crippen molar-refractivity contribution in [3.05, 3.63) is 99.1 Å². The molecule has 3 aromatic carbocycles. The van der Waals surface area contributed by atoms with Crippen molar-refractivity contribution >= 4 is 34.7 Å². The molecule has 0 spiro atoms. The predicted molar refractivity (Wildman–Crippen MR) is 111 cm³/mol. The molecule has 0 aromatic heterocycles. The van der Waals surface area contributed by atoms with Gasteiger partial charge in [-0.1, -0.05) is 42.5 Å². The van der Waals surface area contributed by atoms with Crippen LogP contribution < -0.4 is 10.2 Å². The van der Waals surface area contributed by atoms with E-state index in [0.29, 0.717) is 12.2 Å². The van der Waals surface area contributed by atoms with E-state index in [1.165, 1.54) is 0 Å². The van der Waals surface area contributed by atoms with Crippen LogP contribution in [0.5, 0.6) is 5.75 Å². The number of halogens is 1. The van der Waals surface area contributed by atoms with E-state index in [2.05, 4.69) is 33.1 Å². The van der Waals surface area contributed by atoms with Crippen LogP contribution in [0.15, 0.2) is 84.0 Å². The summed E-state index contributed by atoms with van der Waals surface area (Å²) in [5.74, 6) is 0.558. The minimum absolute atomic E-state index is 0.228. The molecule has 0 aliphatic heterocycles. The lowest BCUT2D eigenvalue weighted by atomic mass is 10.2. The smallest absolute Gasteiger partial charge is 0.272 e. The molecule has 0 saturated heterocycles. The first-order valence-corrected chi connectivity index (χ1v) is 9.15. The number of carbonyl (C=O) groups is 1. The van der Waals surface area contributed by atoms with Crippen LogP contribution in [0.3, 0.4) is 0 Å². The van der Waals surface area contributed by atoms with E-state index in [1.807, 2.05) is 72.8 Å². The molecule has 1 N–H and O–H groups in total. The molecule has 0 saturated carbocycles. The Morgan fingerprint density at radius 3 is 2.38 bits per heavy atom. The Morgan fingerprint density at radius 1 is 0.962 bits per heavy atom. The zero-order valence-electron chi connectivity index (χ0n) is 13.9. The van der Waals surface area contributed by atoms with Gasteiger partial charge in [0.15, 0.2) is 0 Å². The molecule has 0 radical (unpaired) electrons. The molecule has 0 heterocycles. The van der Waals surface area contributed by atoms with Crippen molar-refractivity contribution in [2.45, 2.75) is 6.61 Å². The minimum Gasteiger partial charge on any atom is -0.489 e. The number of hydrogen-bond donors (Lipinski definition) is 1. The highest BCUT2D eigenvalue weighted by molar-refractivity contribution is 14.1. The summed E-state index contributed by atoms with van der Waals surface area (Å²) in [5, 5.41) is 4.01. The van der Waals surface area contributed by atoms with Gasteiger partial charge in [-0.2, -0.15) is 5.10 Å². The van der Waals surface area contributed by atoms with Gasteiger partial charge in [0.05, 0.1) is 11.8 Å². The second-order valence-corrected chi connectivity index (χ2v) is 6.68. The molecule has 26 heavy (non-hydrogen) atoms. The quantitative estimate of drug-likeness (QED) is 0.334. The van der Waals surface area contributed by atoms with E-state index >= 15 is 0 Å². The molecular formula is C21H17IN2O2. The SMILES string of the molecule is O=C(N/N=C/c1ccc(OCc2ccccc2)cc1)c1ccccc1I. The summed E-state index contributed by atoms with van der Waals surface area (Å²) < 4.78 is 6.63. The van der Waals surface area contributed by atoms with Gasteiger partial charge >= 0.3 is 0 Å². The summed E-state index contributed by atoms with van der Waals surface area (Å²) in [7, 11) is 0. The lowest BCUT2D eigenvalue weighted by molar-refractivity contribution is 0.0954. The number of amides is 1. The molecule has 3 aromatic rings. The zero-order chi connectivity index (χ0) is 18.2. The lowest BCUT2D eigenvalue weighted by Crippen LogP contribution is -2.18. The van der Waals surface area contributed by atoms with E-state index in [1.54, 1.807) is 12.3 Å². The second-order valence-electron chi connectivity index (χ2n) is 5.52. The van der Waals surface area contributed by atoms with Crippen molar-refractivity contribution < 1.29 is 9.53 Å². The molecule has 0 aliphatic rings. The van der Waals surface area contributed by atoms with Gasteiger partial charge < -0.3 is 4.74 Å². The summed E-state index contributed by atoms with van der Waals surface area (Å²) >= 11 is 2.13. The van der Waals surface area contributed by atoms with Gasteiger partial charge in [-0.25, -0.2) is 5.43 Å². The Balaban J connectivity index is 1.53. The Hall–Kier alpha value is -2.67. The van der Waals surface area contributed by atoms with Crippen LogP contribution in [0.1, 0.15) is 21.5 Å². The van der Waals surface area contributed by atoms with Crippen LogP contribution in [0.2, 0.25) is 0 Å². The van der Waals surface area contributed by atoms with Crippen molar-refractivity contribution in [2.75, 3.05) is 0 Å². The topological polar surface area (TPSA) is 50.7 Å². The molecule has 0 atom stereocenters. The minimum atomic E-state index is -0.228. The predicted octanol–water partition coefficient (Wildman–Crippen LogP) is 4.63. The van der Waals surface area contributed by atoms with Crippen LogP contribution >= 0.6 is 22.6 Å². The Kier molecular flexibility index (Phi) is 6.38. The van der Waals surface area contributed by atoms with Crippen LogP contribution in [0.25, 0.3) is 0 Å². The molecule has 4 nitrogen and oxygen atoms in total. The summed E-state index contributed by atoms with van der Waals surface area (Å²) in [6.07, 6.45) is 1.61. The fourth-order valence-electron chi connectivity index (χ4n) is 2.26. The number of nitrogens with one attached hydrogen (secondary N) is 1. The first kappa shape index (κ1) is 18.1. The van der Waals surface area contributed by atoms with Crippen molar-refractivity contribution in [1.82, 2.24) is 5.43 Å². The highest BCUT2D eigenvalue weighted by Gasteiger charge is 2.07. The van der Waals surface area contributed by atoms with Gasteiger partial charge in [-0.3, -0.25) is 4.79 Å². The van der Waals surface area contributed by atoms with E-state index in [-0.39, 0.29) is 5.91 Å². The molecule has 0 bridgehead atoms. The monoisotopic (exact) mass is 456 g/mol. The fraction of sp³-hybridized carbons (Fsp3) is 0.0476. The number of ether oxygens (including phenoxy) is 1. The fourth-order valence-corrected chi connectivity index (χ4v) is 2.89. The molecular weight excluding hydrogens is 439 g/mol. The molecule has 130 valence electrons. The van der Waals surface area contributed by atoms with Gasteiger partial charge in [-0.15, -0.1) is 0 Å². The Labute approximate surface area is 166 Å². The third-order valence-electron chi connectivity index (χ3n) is 3.63. The van der Waals surface area contributed by atoms with Crippen molar-refractivity contribution in [2.24, 2.45) is 5.10 Å². The molecule has 0 unspecified atom stereocenters. The second kappa shape index (κ2) is 9.15. The maximum atomic E-state index is 12.1. The van der Waals surface area contributed by atoms with Crippen LogP contribution in [0.4, 0.5) is 0 Å². The maximum absolute atomic E-state index is 12.1. The van der Waals surface area contributed by atoms with Gasteiger partial charge in [0.25, 0.3) is 5.91 Å². The van der Waals surface area contributed by atoms with E-state index in [9.17, 15) is 4.79 Å². The van der Waals surface area contributed by atoms with E-state index in [4.69, 9.17) is 4.74 Å². The van der Waals surface area contributed by atoms with Crippen LogP contribution in [-0.2, 0) is 6.61 Å². The Morgan fingerprint density at radius 2 is 1.65 bits per heavy atom. The summed E-state index contributed by atoms with van der Waals surface area (Å²) in [5.41, 5.74) is 5.15. The molecule has 0 fully saturated rings. The van der Waals surface area contributed by atoms with Gasteiger partial charge in [-0.05, 0) is 70.1 Å². The number of benzene rings is 3. The van der Waals surface area contributed by atoms with Crippen LogP contribution in [0, 0.1) is 3.57 Å². The molecule has 1 amide bonds. The lowest BCUT2D eigenvalue weighted by Gasteiger charge is -2.06. The van der Waals surface area contributed by atoms with E-state index < -0.39 is 0 Å². The van der Waals surface area contributed by atoms with Gasteiger partial charge in [0, 0.05) is 3.57 Å². The molecule has 3 rings (SSSR count). The Bertz CT molecular complexity index is 893. The standard InChI is InChI=1S/C21H17IN2O2/c22-20-9-5-4-8-19(20)21(25)24-23-14-16-10-12-18(13-11-16)26-15-17-6-2-1-3-7-17/h1-14H,15H2,(H,24,25)/b23-14+. The molecule has 5 heteroatoms. The number of nitrogens with zero attached hydrogens (tertiary/aromatic N) is 1. The van der Waals surface area contributed by atoms with Crippen molar-refractivity contribution in [3.8, 4) is 5.75 Å². The zero-order valence-corrected chi connectivity index (χ0v) is 16.1. The van der Waals surface area contributed by atoms with Crippen molar-refractivity contribution in [3.63, 3.8) is 0 Å². The normalized spacial score (nSPS) is 10.7. The number of hydrazone groups is 1. The average molecular weight is 456 g/mol. The first-order chi connectivity index (χ1) is 12.7. The third-order valence-corrected chi connectivity index (χ3v) is 4.57. The molecule has 0 aliphatic carbocycles. The summed E-state index contributed by atoms with van der Waals surface area (Å²) in [6, 6.07) is 24.9. The van der Waals surface area contributed by atoms with Gasteiger partial charge in [0.1, 0.15) is 12.4 Å².